The molecule has 0 saturated carbocycles. The number of nitrogens with zero attached hydrogens (tertiary/aromatic N) is 4. The maximum absolute atomic E-state index is 12.4. The number of hydrogen-bond donors (Lipinski definition) is 10. The van der Waals surface area contributed by atoms with E-state index in [1.54, 1.807) is 130 Å². The first-order valence-corrected chi connectivity index (χ1v) is 35.1. The Kier molecular flexibility index (Phi) is 36.6. The van der Waals surface area contributed by atoms with Crippen LogP contribution in [0.2, 0.25) is 0 Å². The third kappa shape index (κ3) is 35.4. The van der Waals surface area contributed by atoms with Crippen LogP contribution in [0.5, 0.6) is 0 Å². The van der Waals surface area contributed by atoms with Crippen LogP contribution in [0.15, 0.2) is 218 Å². The zero-order chi connectivity index (χ0) is 80.3. The van der Waals surface area contributed by atoms with E-state index in [4.69, 9.17) is 51.8 Å². The largest absolute Gasteiger partial charge is 0.488 e. The van der Waals surface area contributed by atoms with E-state index >= 15 is 0 Å². The molecule has 0 spiro atoms. The van der Waals surface area contributed by atoms with E-state index in [2.05, 4.69) is 69.4 Å². The third-order valence-corrected chi connectivity index (χ3v) is 15.6. The summed E-state index contributed by atoms with van der Waals surface area (Å²) in [6.45, 7) is 15.6. The molecule has 0 unspecified atom stereocenters. The van der Waals surface area contributed by atoms with Crippen molar-refractivity contribution in [3.63, 3.8) is 0 Å². The van der Waals surface area contributed by atoms with Gasteiger partial charge in [-0.2, -0.15) is 5.26 Å². The van der Waals surface area contributed by atoms with Gasteiger partial charge in [-0.1, -0.05) is 115 Å². The van der Waals surface area contributed by atoms with Gasteiger partial charge >= 0.3 is 37.3 Å². The molecule has 0 bridgehead atoms. The number of benzene rings is 6. The number of aromatic nitrogens is 3. The normalized spacial score (nSPS) is 11.7. The molecule has 3 aromatic heterocycles. The maximum atomic E-state index is 12.4. The Bertz CT molecular complexity index is 4250. The molecule has 5 amide bonds. The number of amides is 5. The van der Waals surface area contributed by atoms with E-state index in [1.807, 2.05) is 140 Å². The second-order valence-electron chi connectivity index (χ2n) is 26.6. The van der Waals surface area contributed by atoms with E-state index in [0.29, 0.717) is 18.3 Å². The van der Waals surface area contributed by atoms with Gasteiger partial charge in [0.1, 0.15) is 41.0 Å². The Hall–Kier alpha value is -11.0. The first-order chi connectivity index (χ1) is 50.8. The number of halogens is 4. The molecule has 0 radical (unpaired) electrons. The number of carbonyl (C=O) groups is 7. The number of carbonyl (C=O) groups excluding carboxylic acids is 5. The first-order valence-electron chi connectivity index (χ1n) is 33.2. The van der Waals surface area contributed by atoms with E-state index < -0.39 is 102 Å². The van der Waals surface area contributed by atoms with Crippen LogP contribution in [-0.4, -0.2) is 125 Å². The van der Waals surface area contributed by atoms with Gasteiger partial charge in [-0.05, 0) is 229 Å². The summed E-state index contributed by atoms with van der Waals surface area (Å²) >= 11 is 5.08. The topological polar surface area (TPSA) is 405 Å². The van der Waals surface area contributed by atoms with Gasteiger partial charge in [-0.3, -0.25) is 24.5 Å². The Morgan fingerprint density at radius 1 is 0.481 bits per heavy atom. The highest BCUT2D eigenvalue weighted by Gasteiger charge is 2.27. The third-order valence-electron chi connectivity index (χ3n) is 14.2. The molecule has 9 rings (SSSR count). The molecule has 0 fully saturated rings. The first kappa shape index (κ1) is 89.4. The Balaban J connectivity index is 0.000000282. The molecular weight excluding hydrogens is 1570 g/mol. The van der Waals surface area contributed by atoms with Crippen LogP contribution in [0.3, 0.4) is 0 Å². The summed E-state index contributed by atoms with van der Waals surface area (Å²) in [6.07, 6.45) is 9.43. The summed E-state index contributed by atoms with van der Waals surface area (Å²) < 4.78 is 41.5. The van der Waals surface area contributed by atoms with E-state index in [9.17, 15) is 47.4 Å². The lowest BCUT2D eigenvalue weighted by atomic mass is 9.81. The fourth-order valence-corrected chi connectivity index (χ4v) is 9.78. The van der Waals surface area contributed by atoms with Crippen LogP contribution in [0, 0.1) is 26.5 Å². The van der Waals surface area contributed by atoms with Gasteiger partial charge in [0.15, 0.2) is 11.6 Å². The number of nitrogens with one attached hydrogen (secondary N) is 3. The summed E-state index contributed by atoms with van der Waals surface area (Å²) in [6, 6.07) is 50.8. The fourth-order valence-electron chi connectivity index (χ4n) is 9.02. The van der Waals surface area contributed by atoms with Crippen LogP contribution in [-0.2, 0) is 59.1 Å². The number of alkyl carbamates (subject to hydrolysis) is 3. The number of hydrogen-bond acceptors (Lipinski definition) is 17. The van der Waals surface area contributed by atoms with Gasteiger partial charge in [0.25, 0.3) is 0 Å². The number of rotatable bonds is 19. The Morgan fingerprint density at radius 3 is 1.06 bits per heavy atom. The summed E-state index contributed by atoms with van der Waals surface area (Å²) in [5.41, 5.74) is 24.7. The number of nitrogens with two attached hydrogens (primary N) is 3. The van der Waals surface area contributed by atoms with Crippen LogP contribution >= 0.6 is 38.5 Å². The number of aliphatic carboxylic acids is 2. The maximum Gasteiger partial charge on any atom is 0.488 e. The number of nitriles is 1. The summed E-state index contributed by atoms with van der Waals surface area (Å²) in [7, 11) is -1.34. The summed E-state index contributed by atoms with van der Waals surface area (Å²) in [5.74, 6) is -5.25. The highest BCUT2D eigenvalue weighted by atomic mass is 127. The highest BCUT2D eigenvalue weighted by molar-refractivity contribution is 14.1. The number of ether oxygens (including phenoxy) is 3. The lowest BCUT2D eigenvalue weighted by Gasteiger charge is -2.22. The predicted molar refractivity (Wildman–Crippen MR) is 419 cm³/mol. The van der Waals surface area contributed by atoms with E-state index in [1.165, 1.54) is 0 Å². The van der Waals surface area contributed by atoms with Crippen molar-refractivity contribution in [2.45, 2.75) is 129 Å². The van der Waals surface area contributed by atoms with Crippen LogP contribution in [0.4, 0.5) is 23.2 Å². The number of pyridine rings is 3. The van der Waals surface area contributed by atoms with Crippen molar-refractivity contribution in [3.05, 3.63) is 261 Å². The standard InChI is InChI=1S/C19H23N3O3.C19H22N2O4.C14H18INO4.C14H15N3O.C7H2BrF2N.C6H7BO2/c1-19(2,3)25-18(24)22-16(17(20)23)12-13-4-6-14(7-5-13)15-8-10-21-11-9-15;1-19(2,3)25-18(24)21-16(17(22)23)12-13-4-6-14(7-5-13)15-8-10-20-11-9-15;1-14(2,3)20-13(19)16-11(12(17)18)8-9-4-6-10(15)7-5-9;15-13(14(16)18)9-10-1-3-11(4-2-10)12-5-7-17-8-6-12;8-5-2-7(10)6(9)1-4(5)3-11;8-7(9)6-4-2-1-3-5-6/h4-11,16H,12H2,1-3H3,(H2,20,23)(H,22,24);4-11,16H,12H2,1-3H3,(H,21,24)(H,22,23);4-7,11H,8H2,1-3H3,(H,16,19)(H,17,18);1-8,13H,9,15H2,(H2,16,18);1-2H;1-5,8-9H/t2*16-;11-;13-;;/m1111../s1. The minimum absolute atomic E-state index is 0.0869. The monoisotopic (exact) mass is 1650 g/mol. The zero-order valence-electron chi connectivity index (χ0n) is 60.8. The van der Waals surface area contributed by atoms with Crippen molar-refractivity contribution in [2.24, 2.45) is 17.2 Å². The molecule has 0 aliphatic heterocycles. The van der Waals surface area contributed by atoms with Crippen LogP contribution < -0.4 is 38.6 Å². The van der Waals surface area contributed by atoms with Crippen LogP contribution in [0.1, 0.15) is 90.1 Å². The van der Waals surface area contributed by atoms with Gasteiger partial charge in [-0.15, -0.1) is 0 Å². The van der Waals surface area contributed by atoms with E-state index in [-0.39, 0.29) is 22.9 Å². The molecule has 9 aromatic rings. The van der Waals surface area contributed by atoms with Crippen molar-refractivity contribution in [1.29, 1.82) is 5.26 Å². The van der Waals surface area contributed by atoms with Crippen molar-refractivity contribution < 1.29 is 76.8 Å². The lowest BCUT2D eigenvalue weighted by Crippen LogP contribution is -2.47. The zero-order valence-corrected chi connectivity index (χ0v) is 64.6. The van der Waals surface area contributed by atoms with Gasteiger partial charge in [-0.25, -0.2) is 32.8 Å². The van der Waals surface area contributed by atoms with Gasteiger partial charge < -0.3 is 67.6 Å². The van der Waals surface area contributed by atoms with Gasteiger partial charge in [0, 0.05) is 64.5 Å². The van der Waals surface area contributed by atoms with Crippen molar-refractivity contribution >= 4 is 93.1 Å². The molecule has 568 valence electrons. The molecule has 13 N–H and O–H groups in total. The highest BCUT2D eigenvalue weighted by Crippen LogP contribution is 2.24. The van der Waals surface area contributed by atoms with E-state index in [0.717, 1.165) is 71.3 Å². The minimum Gasteiger partial charge on any atom is -0.480 e. The molecular formula is C79H87BBrF2IN10O14. The fraction of sp³-hybridized carbons (Fsp3) is 0.253. The molecule has 0 saturated heterocycles. The van der Waals surface area contributed by atoms with Crippen LogP contribution in [0.25, 0.3) is 33.4 Å². The predicted octanol–water partition coefficient (Wildman–Crippen LogP) is 11.8. The molecule has 0 aliphatic carbocycles. The second-order valence-corrected chi connectivity index (χ2v) is 28.7. The van der Waals surface area contributed by atoms with Gasteiger partial charge in [0.05, 0.1) is 11.6 Å². The van der Waals surface area contributed by atoms with Gasteiger partial charge in [0.2, 0.25) is 11.8 Å². The van der Waals surface area contributed by atoms with Crippen molar-refractivity contribution in [3.8, 4) is 39.4 Å². The average Bonchev–Trinajstić information content (AvgIpc) is 0.829. The number of carboxylic acid groups (broad SMARTS) is 2. The van der Waals surface area contributed by atoms with Crippen molar-refractivity contribution in [1.82, 2.24) is 30.9 Å². The number of carboxylic acids is 2. The molecule has 24 nitrogen and oxygen atoms in total. The minimum atomic E-state index is -1.34. The Morgan fingerprint density at radius 2 is 0.778 bits per heavy atom. The van der Waals surface area contributed by atoms with Crippen molar-refractivity contribution in [2.75, 3.05) is 0 Å². The Labute approximate surface area is 648 Å². The molecule has 6 aromatic carbocycles. The lowest BCUT2D eigenvalue weighted by molar-refractivity contribution is -0.140. The quantitative estimate of drug-likeness (QED) is 0.0156. The summed E-state index contributed by atoms with van der Waals surface area (Å²) in [5, 5.41) is 51.3. The molecule has 108 heavy (non-hydrogen) atoms. The second kappa shape index (κ2) is 44.2. The average molecular weight is 1660 g/mol. The SMILES string of the molecule is CC(C)(C)OC(=O)N[C@H](Cc1ccc(-c2ccncc2)cc1)C(=O)O.CC(C)(C)OC(=O)N[C@H](Cc1ccc(-c2ccncc2)cc1)C(N)=O.CC(C)(C)OC(=O)N[C@H](Cc1ccc(I)cc1)C(=O)O.N#Cc1cc(F)c(F)cc1Br.NC(=O)[C@H](N)Cc1ccc(-c2ccncc2)cc1.OB(O)c1ccccc1. The smallest absolute Gasteiger partial charge is 0.480 e. The molecule has 3 heterocycles. The molecule has 4 atom stereocenters. The molecule has 0 aliphatic rings. The number of primary amides is 2. The molecule has 29 heteroatoms. The summed E-state index contributed by atoms with van der Waals surface area (Å²) in [4.78, 5) is 92.4.